The Labute approximate surface area is 187 Å². The van der Waals surface area contributed by atoms with E-state index in [-0.39, 0.29) is 35.5 Å². The Morgan fingerprint density at radius 3 is 2.25 bits per heavy atom. The fraction of sp³-hybridized carbons (Fsp3) is 0.370. The van der Waals surface area contributed by atoms with E-state index in [0.29, 0.717) is 28.8 Å². The average Bonchev–Trinajstić information content (AvgIpc) is 3.59. The molecule has 162 valence electrons. The Morgan fingerprint density at radius 2 is 1.62 bits per heavy atom. The van der Waals surface area contributed by atoms with Gasteiger partial charge in [-0.2, -0.15) is 0 Å². The molecule has 3 fully saturated rings. The number of hydrogen-bond acceptors (Lipinski definition) is 4. The molecule has 2 aromatic rings. The quantitative estimate of drug-likeness (QED) is 0.307. The van der Waals surface area contributed by atoms with Gasteiger partial charge in [-0.15, -0.1) is 0 Å². The fourth-order valence-electron chi connectivity index (χ4n) is 6.16. The number of imide groups is 1. The van der Waals surface area contributed by atoms with Crippen molar-refractivity contribution in [1.82, 2.24) is 0 Å². The van der Waals surface area contributed by atoms with Crippen LogP contribution in [-0.2, 0) is 16.0 Å². The first-order chi connectivity index (χ1) is 15.6. The summed E-state index contributed by atoms with van der Waals surface area (Å²) >= 11 is 0. The van der Waals surface area contributed by atoms with Crippen molar-refractivity contribution in [1.29, 1.82) is 0 Å². The molecule has 0 radical (unpaired) electrons. The first-order valence-corrected chi connectivity index (χ1v) is 11.5. The van der Waals surface area contributed by atoms with Crippen LogP contribution >= 0.6 is 0 Å². The highest BCUT2D eigenvalue weighted by atomic mass is 16.5. The van der Waals surface area contributed by atoms with Crippen molar-refractivity contribution in [3.8, 4) is 5.75 Å². The third-order valence-corrected chi connectivity index (χ3v) is 7.68. The van der Waals surface area contributed by atoms with Crippen LogP contribution in [0, 0.1) is 35.5 Å². The number of anilines is 1. The van der Waals surface area contributed by atoms with Crippen LogP contribution < -0.4 is 9.64 Å². The van der Waals surface area contributed by atoms with E-state index in [4.69, 9.17) is 4.74 Å². The third kappa shape index (κ3) is 2.87. The van der Waals surface area contributed by atoms with Crippen molar-refractivity contribution in [3.05, 3.63) is 71.8 Å². The zero-order valence-electron chi connectivity index (χ0n) is 17.9. The van der Waals surface area contributed by atoms with E-state index in [2.05, 4.69) is 19.1 Å². The number of nitrogens with zero attached hydrogens (tertiary/aromatic N) is 1. The molecule has 0 spiro atoms. The topological polar surface area (TPSA) is 63.7 Å². The van der Waals surface area contributed by atoms with Crippen molar-refractivity contribution < 1.29 is 19.1 Å². The molecule has 32 heavy (non-hydrogen) atoms. The van der Waals surface area contributed by atoms with Crippen molar-refractivity contribution in [3.63, 3.8) is 0 Å². The van der Waals surface area contributed by atoms with Gasteiger partial charge in [0.2, 0.25) is 11.8 Å². The van der Waals surface area contributed by atoms with Gasteiger partial charge in [0.1, 0.15) is 5.75 Å². The molecule has 1 heterocycles. The fourth-order valence-corrected chi connectivity index (χ4v) is 6.16. The van der Waals surface area contributed by atoms with Crippen molar-refractivity contribution in [2.45, 2.75) is 26.2 Å². The van der Waals surface area contributed by atoms with E-state index >= 15 is 0 Å². The molecule has 5 nitrogen and oxygen atoms in total. The Kier molecular flexibility index (Phi) is 4.36. The van der Waals surface area contributed by atoms with Gasteiger partial charge in [-0.25, -0.2) is 9.69 Å². The van der Waals surface area contributed by atoms with Gasteiger partial charge in [0, 0.05) is 0 Å². The predicted molar refractivity (Wildman–Crippen MR) is 119 cm³/mol. The molecular weight excluding hydrogens is 402 g/mol. The molecule has 2 aromatic carbocycles. The molecule has 2 amide bonds. The highest BCUT2D eigenvalue weighted by Crippen LogP contribution is 2.65. The summed E-state index contributed by atoms with van der Waals surface area (Å²) in [4.78, 5) is 40.7. The molecule has 5 heteroatoms. The van der Waals surface area contributed by atoms with Gasteiger partial charge in [0.05, 0.1) is 23.1 Å². The summed E-state index contributed by atoms with van der Waals surface area (Å²) in [5, 5.41) is 0. The van der Waals surface area contributed by atoms with Gasteiger partial charge in [-0.3, -0.25) is 9.59 Å². The molecular formula is C27H25NO4. The van der Waals surface area contributed by atoms with Crippen molar-refractivity contribution in [2.24, 2.45) is 35.5 Å². The Hall–Kier alpha value is -3.21. The number of amides is 2. The van der Waals surface area contributed by atoms with Gasteiger partial charge in [-0.1, -0.05) is 43.7 Å². The van der Waals surface area contributed by atoms with Gasteiger partial charge in [0.15, 0.2) is 0 Å². The van der Waals surface area contributed by atoms with Crippen LogP contribution in [0.25, 0.3) is 0 Å². The number of hydrogen-bond donors (Lipinski definition) is 0. The molecule has 4 aliphatic carbocycles. The first-order valence-electron chi connectivity index (χ1n) is 11.5. The Bertz CT molecular complexity index is 1110. The van der Waals surface area contributed by atoms with Crippen LogP contribution in [0.2, 0.25) is 0 Å². The molecule has 0 unspecified atom stereocenters. The van der Waals surface area contributed by atoms with E-state index in [0.717, 1.165) is 19.3 Å². The summed E-state index contributed by atoms with van der Waals surface area (Å²) in [5.74, 6) is 0.706. The molecule has 0 aromatic heterocycles. The van der Waals surface area contributed by atoms with Crippen LogP contribution in [0.3, 0.4) is 0 Å². The lowest BCUT2D eigenvalue weighted by Gasteiger charge is -2.37. The zero-order chi connectivity index (χ0) is 22.0. The van der Waals surface area contributed by atoms with Gasteiger partial charge in [-0.05, 0) is 72.4 Å². The molecule has 6 atom stereocenters. The summed E-state index contributed by atoms with van der Waals surface area (Å²) in [7, 11) is 0. The van der Waals surface area contributed by atoms with E-state index in [9.17, 15) is 14.4 Å². The molecule has 1 saturated heterocycles. The number of esters is 1. The van der Waals surface area contributed by atoms with E-state index in [1.807, 2.05) is 12.1 Å². The molecule has 7 rings (SSSR count). The van der Waals surface area contributed by atoms with E-state index in [1.54, 1.807) is 36.4 Å². The number of rotatable bonds is 5. The SMILES string of the molecule is CCCc1ccc(OC(=O)c2cccc(N3C(=O)[C@H]4[C@@H]5C=C[C@H]([C@H]6C[C@H]56)[C@@H]4C3=O)c2)cc1. The summed E-state index contributed by atoms with van der Waals surface area (Å²) in [6.07, 6.45) is 7.49. The summed E-state index contributed by atoms with van der Waals surface area (Å²) in [6, 6.07) is 14.2. The van der Waals surface area contributed by atoms with Crippen LogP contribution in [-0.4, -0.2) is 17.8 Å². The highest BCUT2D eigenvalue weighted by Gasteiger charge is 2.67. The minimum absolute atomic E-state index is 0.123. The summed E-state index contributed by atoms with van der Waals surface area (Å²) < 4.78 is 5.53. The van der Waals surface area contributed by atoms with Gasteiger partial charge >= 0.3 is 5.97 Å². The average molecular weight is 428 g/mol. The monoisotopic (exact) mass is 427 g/mol. The molecule has 1 aliphatic heterocycles. The maximum atomic E-state index is 13.3. The normalized spacial score (nSPS) is 31.5. The molecule has 0 N–H and O–H groups in total. The van der Waals surface area contributed by atoms with Crippen LogP contribution in [0.5, 0.6) is 5.75 Å². The standard InChI is InChI=1S/C27H25NO4/c1-2-4-15-7-9-18(10-8-15)32-27(31)16-5-3-6-17(13-16)28-25(29)23-19-11-12-20(22-14-21(19)22)24(23)26(28)30/h3,5-13,19-24H,2,4,14H2,1H3/t19-,20-,21-,22-,23+,24+/m1/s1. The predicted octanol–water partition coefficient (Wildman–Crippen LogP) is 4.42. The second-order valence-corrected chi connectivity index (χ2v) is 9.50. The largest absolute Gasteiger partial charge is 0.423 e. The lowest BCUT2D eigenvalue weighted by molar-refractivity contribution is -0.124. The number of allylic oxidation sites excluding steroid dienone is 2. The number of aryl methyl sites for hydroxylation is 1. The zero-order valence-corrected chi connectivity index (χ0v) is 17.9. The second kappa shape index (κ2) is 7.16. The highest BCUT2D eigenvalue weighted by molar-refractivity contribution is 6.23. The third-order valence-electron chi connectivity index (χ3n) is 7.68. The number of benzene rings is 2. The van der Waals surface area contributed by atoms with Crippen LogP contribution in [0.1, 0.15) is 35.7 Å². The molecule has 2 saturated carbocycles. The number of carbonyl (C=O) groups is 3. The van der Waals surface area contributed by atoms with Crippen LogP contribution in [0.15, 0.2) is 60.7 Å². The second-order valence-electron chi connectivity index (χ2n) is 9.50. The van der Waals surface area contributed by atoms with Gasteiger partial charge in [0.25, 0.3) is 0 Å². The van der Waals surface area contributed by atoms with Crippen molar-refractivity contribution >= 4 is 23.5 Å². The van der Waals surface area contributed by atoms with E-state index < -0.39 is 5.97 Å². The first kappa shape index (κ1) is 19.5. The smallest absolute Gasteiger partial charge is 0.343 e. The minimum atomic E-state index is -0.505. The lowest BCUT2D eigenvalue weighted by Crippen LogP contribution is -2.40. The number of carbonyl (C=O) groups excluding carboxylic acids is 3. The molecule has 2 bridgehead atoms. The Balaban J connectivity index is 1.23. The van der Waals surface area contributed by atoms with Crippen molar-refractivity contribution in [2.75, 3.05) is 4.90 Å². The maximum absolute atomic E-state index is 13.3. The summed E-state index contributed by atoms with van der Waals surface area (Å²) in [6.45, 7) is 2.12. The Morgan fingerprint density at radius 1 is 0.969 bits per heavy atom. The molecule has 5 aliphatic rings. The lowest BCUT2D eigenvalue weighted by atomic mass is 9.63. The minimum Gasteiger partial charge on any atom is -0.423 e. The summed E-state index contributed by atoms with van der Waals surface area (Å²) in [5.41, 5.74) is 1.97. The van der Waals surface area contributed by atoms with Crippen LogP contribution in [0.4, 0.5) is 5.69 Å². The maximum Gasteiger partial charge on any atom is 0.343 e. The van der Waals surface area contributed by atoms with Gasteiger partial charge < -0.3 is 4.74 Å². The number of ether oxygens (including phenoxy) is 1. The van der Waals surface area contributed by atoms with E-state index in [1.165, 1.54) is 10.5 Å².